The molecular formula is C16H15ClN2O. The fourth-order valence-electron chi connectivity index (χ4n) is 2.55. The van der Waals surface area contributed by atoms with E-state index in [0.29, 0.717) is 15.8 Å². The van der Waals surface area contributed by atoms with E-state index in [9.17, 15) is 4.79 Å². The molecule has 2 aromatic carbocycles. The van der Waals surface area contributed by atoms with Crippen LogP contribution in [0.4, 0.5) is 5.69 Å². The van der Waals surface area contributed by atoms with Gasteiger partial charge in [-0.15, -0.1) is 0 Å². The summed E-state index contributed by atoms with van der Waals surface area (Å²) >= 11 is 6.26. The maximum atomic E-state index is 12.6. The Hall–Kier alpha value is -2.00. The molecule has 0 atom stereocenters. The average molecular weight is 287 g/mol. The van der Waals surface area contributed by atoms with Gasteiger partial charge < -0.3 is 9.88 Å². The second-order valence-corrected chi connectivity index (χ2v) is 5.62. The van der Waals surface area contributed by atoms with E-state index in [1.54, 1.807) is 12.1 Å². The minimum atomic E-state index is 0.0391. The molecule has 1 N–H and O–H groups in total. The van der Waals surface area contributed by atoms with Gasteiger partial charge in [0.25, 0.3) is 0 Å². The maximum Gasteiger partial charge on any atom is 0.197 e. The number of fused-ring (bicyclic) bond motifs is 2. The lowest BCUT2D eigenvalue weighted by atomic mass is 10.1. The lowest BCUT2D eigenvalue weighted by Gasteiger charge is -2.17. The van der Waals surface area contributed by atoms with E-state index >= 15 is 0 Å². The summed E-state index contributed by atoms with van der Waals surface area (Å²) in [6.07, 6.45) is 0. The number of anilines is 1. The van der Waals surface area contributed by atoms with E-state index in [4.69, 9.17) is 11.6 Å². The number of nitrogens with one attached hydrogen (secondary N) is 1. The van der Waals surface area contributed by atoms with Gasteiger partial charge in [0.15, 0.2) is 5.43 Å². The van der Waals surface area contributed by atoms with Crippen molar-refractivity contribution >= 4 is 39.1 Å². The molecule has 3 rings (SSSR count). The molecule has 1 heterocycles. The molecule has 0 amide bonds. The van der Waals surface area contributed by atoms with Crippen LogP contribution in [-0.2, 0) is 0 Å². The second kappa shape index (κ2) is 4.53. The summed E-state index contributed by atoms with van der Waals surface area (Å²) in [5.74, 6) is 0. The summed E-state index contributed by atoms with van der Waals surface area (Å²) in [5, 5.41) is 2.00. The van der Waals surface area contributed by atoms with Gasteiger partial charge in [-0.05, 0) is 31.2 Å². The molecule has 0 aliphatic rings. The smallest absolute Gasteiger partial charge is 0.197 e. The molecule has 3 nitrogen and oxygen atoms in total. The first-order valence-electron chi connectivity index (χ1n) is 6.41. The van der Waals surface area contributed by atoms with Crippen LogP contribution in [0.15, 0.2) is 35.1 Å². The van der Waals surface area contributed by atoms with Gasteiger partial charge in [-0.2, -0.15) is 0 Å². The van der Waals surface area contributed by atoms with E-state index in [2.05, 4.69) is 4.98 Å². The maximum absolute atomic E-state index is 12.6. The molecule has 0 saturated carbocycles. The molecule has 1 aromatic heterocycles. The van der Waals surface area contributed by atoms with Gasteiger partial charge in [0.05, 0.1) is 16.2 Å². The van der Waals surface area contributed by atoms with Crippen LogP contribution >= 0.6 is 11.6 Å². The molecule has 0 saturated heterocycles. The molecule has 3 aromatic rings. The lowest BCUT2D eigenvalue weighted by molar-refractivity contribution is 1.14. The van der Waals surface area contributed by atoms with Crippen molar-refractivity contribution < 1.29 is 0 Å². The number of nitrogens with zero attached hydrogens (tertiary/aromatic N) is 1. The number of hydrogen-bond acceptors (Lipinski definition) is 2. The quantitative estimate of drug-likeness (QED) is 0.692. The van der Waals surface area contributed by atoms with Gasteiger partial charge in [0.1, 0.15) is 0 Å². The highest BCUT2D eigenvalue weighted by Gasteiger charge is 2.13. The van der Waals surface area contributed by atoms with Gasteiger partial charge in [0, 0.05) is 30.4 Å². The van der Waals surface area contributed by atoms with Crippen molar-refractivity contribution in [1.29, 1.82) is 0 Å². The molecule has 0 unspecified atom stereocenters. The zero-order valence-corrected chi connectivity index (χ0v) is 12.4. The van der Waals surface area contributed by atoms with Gasteiger partial charge >= 0.3 is 0 Å². The van der Waals surface area contributed by atoms with E-state index in [1.165, 1.54) is 0 Å². The molecule has 0 fully saturated rings. The third-order valence-corrected chi connectivity index (χ3v) is 3.80. The predicted octanol–water partition coefficient (Wildman–Crippen LogP) is 3.71. The van der Waals surface area contributed by atoms with E-state index in [-0.39, 0.29) is 5.43 Å². The van der Waals surface area contributed by atoms with Gasteiger partial charge in [-0.25, -0.2) is 0 Å². The summed E-state index contributed by atoms with van der Waals surface area (Å²) in [7, 11) is 3.83. The molecular weight excluding hydrogens is 272 g/mol. The Balaban J connectivity index is 2.56. The Bertz CT molecular complexity index is 881. The Morgan fingerprint density at radius 2 is 1.85 bits per heavy atom. The molecule has 102 valence electrons. The minimum absolute atomic E-state index is 0.0391. The van der Waals surface area contributed by atoms with Crippen molar-refractivity contribution in [3.63, 3.8) is 0 Å². The number of rotatable bonds is 1. The number of benzene rings is 2. The Morgan fingerprint density at radius 3 is 2.55 bits per heavy atom. The highest BCUT2D eigenvalue weighted by molar-refractivity contribution is 6.34. The first-order valence-corrected chi connectivity index (χ1v) is 6.79. The van der Waals surface area contributed by atoms with Gasteiger partial charge in [0.2, 0.25) is 0 Å². The van der Waals surface area contributed by atoms with Crippen molar-refractivity contribution in [2.75, 3.05) is 19.0 Å². The summed E-state index contributed by atoms with van der Waals surface area (Å²) < 4.78 is 0. The third-order valence-electron chi connectivity index (χ3n) is 3.50. The van der Waals surface area contributed by atoms with Crippen molar-refractivity contribution in [2.24, 2.45) is 0 Å². The average Bonchev–Trinajstić information content (AvgIpc) is 2.39. The lowest BCUT2D eigenvalue weighted by Crippen LogP contribution is -2.13. The van der Waals surface area contributed by atoms with Crippen LogP contribution in [0.3, 0.4) is 0 Å². The summed E-state index contributed by atoms with van der Waals surface area (Å²) in [4.78, 5) is 17.9. The van der Waals surface area contributed by atoms with Crippen LogP contribution in [0.25, 0.3) is 21.8 Å². The largest absolute Gasteiger partial charge is 0.375 e. The van der Waals surface area contributed by atoms with Crippen molar-refractivity contribution in [3.05, 3.63) is 51.1 Å². The number of pyridine rings is 1. The number of aromatic amines is 1. The molecule has 0 aliphatic carbocycles. The first-order chi connectivity index (χ1) is 9.49. The number of hydrogen-bond donors (Lipinski definition) is 1. The first kappa shape index (κ1) is 13.0. The fraction of sp³-hybridized carbons (Fsp3) is 0.188. The number of aryl methyl sites for hydroxylation is 1. The number of aromatic nitrogens is 1. The summed E-state index contributed by atoms with van der Waals surface area (Å²) in [6.45, 7) is 1.98. The minimum Gasteiger partial charge on any atom is -0.375 e. The number of halogens is 1. The fourth-order valence-corrected chi connectivity index (χ4v) is 2.88. The monoisotopic (exact) mass is 286 g/mol. The normalized spacial score (nSPS) is 11.2. The van der Waals surface area contributed by atoms with Crippen LogP contribution in [0.2, 0.25) is 5.02 Å². The Morgan fingerprint density at radius 1 is 1.10 bits per heavy atom. The molecule has 0 bridgehead atoms. The highest BCUT2D eigenvalue weighted by atomic mass is 35.5. The van der Waals surface area contributed by atoms with Crippen LogP contribution in [0.1, 0.15) is 5.56 Å². The van der Waals surface area contributed by atoms with Crippen molar-refractivity contribution in [3.8, 4) is 0 Å². The Labute approximate surface area is 121 Å². The highest BCUT2D eigenvalue weighted by Crippen LogP contribution is 2.31. The van der Waals surface area contributed by atoms with Crippen LogP contribution in [0, 0.1) is 6.92 Å². The third kappa shape index (κ3) is 1.86. The van der Waals surface area contributed by atoms with Crippen LogP contribution < -0.4 is 10.3 Å². The topological polar surface area (TPSA) is 36.1 Å². The van der Waals surface area contributed by atoms with E-state index in [1.807, 2.05) is 44.1 Å². The van der Waals surface area contributed by atoms with Gasteiger partial charge in [-0.3, -0.25) is 4.79 Å². The standard InChI is InChI=1S/C16H15ClN2O/c1-9-4-7-13-11(8-9)16(20)10-5-6-12(17)15(19(2)3)14(10)18-13/h4-8H,1-3H3,(H,18,20). The van der Waals surface area contributed by atoms with E-state index in [0.717, 1.165) is 22.3 Å². The predicted molar refractivity (Wildman–Crippen MR) is 86.1 cm³/mol. The molecule has 20 heavy (non-hydrogen) atoms. The van der Waals surface area contributed by atoms with Crippen LogP contribution in [-0.4, -0.2) is 19.1 Å². The van der Waals surface area contributed by atoms with Crippen LogP contribution in [0.5, 0.6) is 0 Å². The van der Waals surface area contributed by atoms with Crippen molar-refractivity contribution in [1.82, 2.24) is 4.98 Å². The van der Waals surface area contributed by atoms with E-state index < -0.39 is 0 Å². The van der Waals surface area contributed by atoms with Gasteiger partial charge in [-0.1, -0.05) is 23.2 Å². The van der Waals surface area contributed by atoms with Crippen molar-refractivity contribution in [2.45, 2.75) is 6.92 Å². The molecule has 0 spiro atoms. The molecule has 4 heteroatoms. The molecule has 0 radical (unpaired) electrons. The number of H-pyrrole nitrogens is 1. The summed E-state index contributed by atoms with van der Waals surface area (Å²) in [6, 6.07) is 9.40. The zero-order chi connectivity index (χ0) is 14.4. The Kier molecular flexibility index (Phi) is 2.94. The SMILES string of the molecule is Cc1ccc2[nH]c3c(N(C)C)c(Cl)ccc3c(=O)c2c1. The zero-order valence-electron chi connectivity index (χ0n) is 11.6. The summed E-state index contributed by atoms with van der Waals surface area (Å²) in [5.41, 5.74) is 3.56. The molecule has 0 aliphatic heterocycles. The second-order valence-electron chi connectivity index (χ2n) is 5.22.